The molecule has 4 aliphatic rings. The largest absolute Gasteiger partial charge is 1.00 e. The van der Waals surface area contributed by atoms with Gasteiger partial charge in [-0.05, 0) is 64.5 Å². The van der Waals surface area contributed by atoms with Gasteiger partial charge in [0.2, 0.25) is 0 Å². The van der Waals surface area contributed by atoms with Gasteiger partial charge in [0.15, 0.2) is 82.6 Å². The van der Waals surface area contributed by atoms with Crippen LogP contribution in [-0.2, 0) is 29.9 Å². The van der Waals surface area contributed by atoms with Crippen molar-refractivity contribution in [1.82, 2.24) is 0 Å². The zero-order valence-corrected chi connectivity index (χ0v) is 41.4. The molecule has 0 bridgehead atoms. The Labute approximate surface area is 441 Å². The monoisotopic (exact) mass is 1130 g/mol. The van der Waals surface area contributed by atoms with Gasteiger partial charge in [-0.25, -0.2) is 0 Å². The van der Waals surface area contributed by atoms with Gasteiger partial charge in [0.1, 0.15) is 40.6 Å². The molecule has 20 nitrogen and oxygen atoms in total. The molecule has 0 aliphatic carbocycles. The van der Waals surface area contributed by atoms with E-state index >= 15 is 0 Å². The molecular formula is C52H46BrCuN2O18. The summed E-state index contributed by atoms with van der Waals surface area (Å²) < 4.78 is 47.2. The molecule has 0 aromatic heterocycles. The van der Waals surface area contributed by atoms with Crippen LogP contribution in [0.2, 0.25) is 0 Å². The van der Waals surface area contributed by atoms with E-state index in [4.69, 9.17) is 49.7 Å². The SMILES string of the molecule is COc1cc(C2Oc3cc(C4Oc5cc(O)cc(O)c5CC4O)cc(Br)c3OC2CO)ccc1O.COc1cc(C2Oc3cc(C4Oc5cc(O)cc(O)c5CC4O)cc(C#N)c3OC2CO)ccc1O.[C-]#N.[Cu+]. The van der Waals surface area contributed by atoms with E-state index in [-0.39, 0.29) is 111 Å². The Kier molecular flexibility index (Phi) is 16.5. The summed E-state index contributed by atoms with van der Waals surface area (Å²) in [5.41, 5.74) is 3.07. The minimum atomic E-state index is -1.07. The van der Waals surface area contributed by atoms with Crippen molar-refractivity contribution in [2.24, 2.45) is 0 Å². The van der Waals surface area contributed by atoms with E-state index in [1.165, 1.54) is 56.7 Å². The van der Waals surface area contributed by atoms with Gasteiger partial charge in [-0.2, -0.15) is 5.26 Å². The Morgan fingerprint density at radius 1 is 0.541 bits per heavy atom. The smallest absolute Gasteiger partial charge is 0.512 e. The van der Waals surface area contributed by atoms with Crippen LogP contribution in [-0.4, -0.2) is 103 Å². The molecule has 22 heteroatoms. The standard InChI is InChI=1S/C26H23NO9.C25H23BrO9.CN.Cu/c1-33-21-5-12(2-3-17(21)30)25-23(11-28)36-26-14(10-27)4-13(6-22(26)35-25)24-19(32)9-16-18(31)7-15(29)8-20(16)34-24;1-32-20-5-11(2-3-16(20)29)24-22(10-27)35-25-15(26)4-12(6-21(25)34-24)23-18(31)9-14-17(30)7-13(28)8-19(14)33-23;1-2;/h2-8,19,23-25,28-32H,9,11H2,1H3;2-8,18,22-24,27-31H,9-10H2,1H3;;/q;;-1;+1. The van der Waals surface area contributed by atoms with Crippen LogP contribution >= 0.6 is 15.9 Å². The molecule has 8 unspecified atom stereocenters. The summed E-state index contributed by atoms with van der Waals surface area (Å²) >= 11 is 3.48. The predicted octanol–water partition coefficient (Wildman–Crippen LogP) is 6.17. The molecule has 6 aromatic carbocycles. The number of rotatable bonds is 8. The van der Waals surface area contributed by atoms with Gasteiger partial charge in [0.25, 0.3) is 0 Å². The van der Waals surface area contributed by atoms with Crippen LogP contribution in [0.3, 0.4) is 0 Å². The van der Waals surface area contributed by atoms with E-state index in [2.05, 4.69) is 22.0 Å². The fourth-order valence-electron chi connectivity index (χ4n) is 8.96. The number of methoxy groups -OCH3 is 2. The Morgan fingerprint density at radius 2 is 0.959 bits per heavy atom. The topological polar surface area (TPSA) is 324 Å². The number of phenols is 6. The van der Waals surface area contributed by atoms with Crippen molar-refractivity contribution in [2.45, 2.75) is 61.7 Å². The van der Waals surface area contributed by atoms with Gasteiger partial charge in [-0.1, -0.05) is 12.1 Å². The molecule has 0 saturated carbocycles. The van der Waals surface area contributed by atoms with Crippen LogP contribution in [0.5, 0.6) is 80.5 Å². The number of aromatic hydroxyl groups is 6. The van der Waals surface area contributed by atoms with Gasteiger partial charge >= 0.3 is 17.1 Å². The Balaban J connectivity index is 0.000000207. The number of aliphatic hydroxyl groups is 4. The van der Waals surface area contributed by atoms with E-state index < -0.39 is 55.4 Å². The number of hydrogen-bond donors (Lipinski definition) is 10. The van der Waals surface area contributed by atoms with Crippen molar-refractivity contribution < 1.29 is 106 Å². The average Bonchev–Trinajstić information content (AvgIpc) is 3.38. The van der Waals surface area contributed by atoms with Crippen LogP contribution in [0.25, 0.3) is 0 Å². The molecule has 6 aromatic rings. The first-order valence-corrected chi connectivity index (χ1v) is 23.0. The maximum absolute atomic E-state index is 10.8. The second kappa shape index (κ2) is 22.6. The summed E-state index contributed by atoms with van der Waals surface area (Å²) in [5.74, 6) is 1.28. The summed E-state index contributed by atoms with van der Waals surface area (Å²) in [4.78, 5) is 0. The normalized spacial score (nSPS) is 21.6. The summed E-state index contributed by atoms with van der Waals surface area (Å²) in [6, 6.07) is 23.0. The third kappa shape index (κ3) is 10.6. The third-order valence-corrected chi connectivity index (χ3v) is 13.0. The minimum Gasteiger partial charge on any atom is -0.512 e. The molecule has 74 heavy (non-hydrogen) atoms. The van der Waals surface area contributed by atoms with Gasteiger partial charge < -0.3 is 101 Å². The maximum atomic E-state index is 10.8. The van der Waals surface area contributed by atoms with E-state index in [1.54, 1.807) is 42.5 Å². The Bertz CT molecular complexity index is 3120. The van der Waals surface area contributed by atoms with Crippen LogP contribution in [0, 0.1) is 23.2 Å². The fourth-order valence-corrected chi connectivity index (χ4v) is 9.51. The number of aliphatic hydroxyl groups excluding tert-OH is 4. The number of benzene rings is 6. The number of nitriles is 1. The Morgan fingerprint density at radius 3 is 1.39 bits per heavy atom. The van der Waals surface area contributed by atoms with Gasteiger partial charge in [-0.3, -0.25) is 0 Å². The van der Waals surface area contributed by atoms with Crippen molar-refractivity contribution >= 4 is 15.9 Å². The number of fused-ring (bicyclic) bond motifs is 4. The number of halogens is 1. The molecule has 10 rings (SSSR count). The first kappa shape index (κ1) is 54.1. The number of ether oxygens (including phenoxy) is 8. The first-order chi connectivity index (χ1) is 35.1. The summed E-state index contributed by atoms with van der Waals surface area (Å²) in [6.45, 7) is 4.02. The van der Waals surface area contributed by atoms with Crippen LogP contribution in [0.4, 0.5) is 0 Å². The molecule has 0 radical (unpaired) electrons. The van der Waals surface area contributed by atoms with Crippen molar-refractivity contribution in [3.05, 3.63) is 135 Å². The van der Waals surface area contributed by atoms with Gasteiger partial charge in [0, 0.05) is 70.5 Å². The summed E-state index contributed by atoms with van der Waals surface area (Å²) in [5, 5.41) is 117. The molecule has 390 valence electrons. The fraction of sp³-hybridized carbons (Fsp3) is 0.269. The zero-order valence-electron chi connectivity index (χ0n) is 38.8. The number of nitrogens with zero attached hydrogens (tertiary/aromatic N) is 2. The third-order valence-electron chi connectivity index (χ3n) is 12.4. The number of hydrogen-bond acceptors (Lipinski definition) is 20. The predicted molar refractivity (Wildman–Crippen MR) is 255 cm³/mol. The van der Waals surface area contributed by atoms with E-state index in [9.17, 15) is 56.3 Å². The van der Waals surface area contributed by atoms with Gasteiger partial charge in [0.05, 0.1) is 49.7 Å². The van der Waals surface area contributed by atoms with Crippen LogP contribution < -0.4 is 37.9 Å². The Hall–Kier alpha value is -7.66. The summed E-state index contributed by atoms with van der Waals surface area (Å²) in [6.07, 6.45) is -6.68. The second-order valence-corrected chi connectivity index (χ2v) is 17.8. The van der Waals surface area contributed by atoms with Gasteiger partial charge in [-0.15, -0.1) is 0 Å². The molecule has 0 fully saturated rings. The van der Waals surface area contributed by atoms with E-state index in [0.29, 0.717) is 49.4 Å². The van der Waals surface area contributed by atoms with Crippen molar-refractivity contribution in [3.8, 4) is 86.6 Å². The van der Waals surface area contributed by atoms with E-state index in [1.807, 2.05) is 0 Å². The second-order valence-electron chi connectivity index (χ2n) is 17.0. The molecular weight excluding hydrogens is 1080 g/mol. The quantitative estimate of drug-likeness (QED) is 0.0601. The van der Waals surface area contributed by atoms with Crippen LogP contribution in [0.15, 0.2) is 89.4 Å². The van der Waals surface area contributed by atoms with E-state index in [0.717, 1.165) is 0 Å². The van der Waals surface area contributed by atoms with Crippen LogP contribution in [0.1, 0.15) is 63.4 Å². The molecule has 4 heterocycles. The molecule has 0 amide bonds. The summed E-state index contributed by atoms with van der Waals surface area (Å²) in [7, 11) is 2.85. The molecule has 10 N–H and O–H groups in total. The average molecular weight is 1130 g/mol. The molecule has 0 spiro atoms. The van der Waals surface area contributed by atoms with Crippen molar-refractivity contribution in [2.75, 3.05) is 27.4 Å². The maximum Gasteiger partial charge on any atom is 1.00 e. The molecule has 0 saturated heterocycles. The minimum absolute atomic E-state index is 0. The molecule has 8 atom stereocenters. The van der Waals surface area contributed by atoms with Crippen molar-refractivity contribution in [3.63, 3.8) is 0 Å². The van der Waals surface area contributed by atoms with Crippen molar-refractivity contribution in [1.29, 1.82) is 10.5 Å². The number of phenolic OH excluding ortho intramolecular Hbond substituents is 6. The first-order valence-electron chi connectivity index (χ1n) is 22.2. The molecule has 4 aliphatic heterocycles. The zero-order chi connectivity index (χ0) is 52.4.